The lowest BCUT2D eigenvalue weighted by molar-refractivity contribution is 0.0697. The van der Waals surface area contributed by atoms with Crippen LogP contribution in [0.1, 0.15) is 29.6 Å². The highest BCUT2D eigenvalue weighted by Crippen LogP contribution is 2.28. The molecule has 0 saturated carbocycles. The molecule has 22 heavy (non-hydrogen) atoms. The van der Waals surface area contributed by atoms with Gasteiger partial charge in [0.25, 0.3) is 0 Å². The van der Waals surface area contributed by atoms with Crippen molar-refractivity contribution in [2.45, 2.75) is 19.3 Å². The number of aromatic nitrogens is 2. The van der Waals surface area contributed by atoms with Crippen LogP contribution in [0.5, 0.6) is 0 Å². The highest BCUT2D eigenvalue weighted by atomic mass is 16.4. The van der Waals surface area contributed by atoms with Crippen LogP contribution in [0.4, 0.5) is 5.82 Å². The van der Waals surface area contributed by atoms with Crippen molar-refractivity contribution in [3.63, 3.8) is 0 Å². The van der Waals surface area contributed by atoms with Crippen molar-refractivity contribution in [2.75, 3.05) is 18.0 Å². The minimum Gasteiger partial charge on any atom is -0.478 e. The molecular weight excluding hydrogens is 278 g/mol. The fourth-order valence-electron chi connectivity index (χ4n) is 3.23. The summed E-state index contributed by atoms with van der Waals surface area (Å²) in [7, 11) is 0. The van der Waals surface area contributed by atoms with Crippen LogP contribution in [0, 0.1) is 0 Å². The zero-order chi connectivity index (χ0) is 15.1. The normalized spacial score (nSPS) is 15.5. The monoisotopic (exact) mass is 295 g/mol. The zero-order valence-electron chi connectivity index (χ0n) is 12.2. The van der Waals surface area contributed by atoms with E-state index in [1.54, 1.807) is 12.1 Å². The number of benzene rings is 1. The molecule has 3 aromatic rings. The third kappa shape index (κ3) is 2.01. The van der Waals surface area contributed by atoms with E-state index in [0.29, 0.717) is 0 Å². The van der Waals surface area contributed by atoms with Gasteiger partial charge in [0.1, 0.15) is 0 Å². The van der Waals surface area contributed by atoms with Crippen LogP contribution in [0.15, 0.2) is 36.5 Å². The SMILES string of the molecule is O=C(O)c1ccc2c(c1)nc(N1CCCCC1)c1cccn12. The summed E-state index contributed by atoms with van der Waals surface area (Å²) in [6.07, 6.45) is 5.64. The summed E-state index contributed by atoms with van der Waals surface area (Å²) < 4.78 is 2.10. The molecule has 4 rings (SSSR count). The van der Waals surface area contributed by atoms with Gasteiger partial charge in [-0.3, -0.25) is 0 Å². The van der Waals surface area contributed by atoms with Crippen LogP contribution in [0.3, 0.4) is 0 Å². The second-order valence-corrected chi connectivity index (χ2v) is 5.76. The van der Waals surface area contributed by atoms with Crippen LogP contribution in [0.25, 0.3) is 16.6 Å². The number of aromatic carboxylic acids is 1. The van der Waals surface area contributed by atoms with Gasteiger partial charge >= 0.3 is 5.97 Å². The average Bonchev–Trinajstić information content (AvgIpc) is 3.04. The molecule has 2 aromatic heterocycles. The first-order valence-corrected chi connectivity index (χ1v) is 7.63. The van der Waals surface area contributed by atoms with Gasteiger partial charge in [-0.25, -0.2) is 9.78 Å². The van der Waals surface area contributed by atoms with Gasteiger partial charge in [-0.1, -0.05) is 0 Å². The molecule has 1 N–H and O–H groups in total. The number of carbonyl (C=O) groups is 1. The van der Waals surface area contributed by atoms with Crippen molar-refractivity contribution in [3.8, 4) is 0 Å². The molecule has 0 aliphatic carbocycles. The molecule has 0 atom stereocenters. The standard InChI is InChI=1S/C17H17N3O2/c21-17(22)12-6-7-14-13(11-12)18-16(15-5-4-10-20(14)15)19-8-2-1-3-9-19/h4-7,10-11H,1-3,8-9H2,(H,21,22). The number of carboxylic acids is 1. The summed E-state index contributed by atoms with van der Waals surface area (Å²) in [5.41, 5.74) is 3.02. The van der Waals surface area contributed by atoms with Crippen LogP contribution in [0.2, 0.25) is 0 Å². The van der Waals surface area contributed by atoms with Gasteiger partial charge in [0.15, 0.2) is 5.82 Å². The third-order valence-corrected chi connectivity index (χ3v) is 4.34. The first-order chi connectivity index (χ1) is 10.7. The van der Waals surface area contributed by atoms with Crippen molar-refractivity contribution in [3.05, 3.63) is 42.1 Å². The van der Waals surface area contributed by atoms with Crippen LogP contribution < -0.4 is 4.90 Å². The van der Waals surface area contributed by atoms with Crippen molar-refractivity contribution in [1.82, 2.24) is 9.38 Å². The maximum absolute atomic E-state index is 11.2. The summed E-state index contributed by atoms with van der Waals surface area (Å²) in [6.45, 7) is 2.02. The molecular formula is C17H17N3O2. The molecule has 3 heterocycles. The summed E-state index contributed by atoms with van der Waals surface area (Å²) in [5, 5.41) is 9.19. The van der Waals surface area contributed by atoms with E-state index >= 15 is 0 Å². The third-order valence-electron chi connectivity index (χ3n) is 4.34. The van der Waals surface area contributed by atoms with E-state index in [1.807, 2.05) is 18.3 Å². The Morgan fingerprint density at radius 3 is 2.68 bits per heavy atom. The largest absolute Gasteiger partial charge is 0.478 e. The molecule has 0 unspecified atom stereocenters. The quantitative estimate of drug-likeness (QED) is 0.789. The summed E-state index contributed by atoms with van der Waals surface area (Å²) >= 11 is 0. The maximum Gasteiger partial charge on any atom is 0.335 e. The predicted octanol–water partition coefficient (Wildman–Crippen LogP) is 3.18. The number of hydrogen-bond acceptors (Lipinski definition) is 3. The number of rotatable bonds is 2. The Hall–Kier alpha value is -2.56. The zero-order valence-corrected chi connectivity index (χ0v) is 12.2. The lowest BCUT2D eigenvalue weighted by Crippen LogP contribution is -2.30. The van der Waals surface area contributed by atoms with Gasteiger partial charge in [-0.15, -0.1) is 0 Å². The second-order valence-electron chi connectivity index (χ2n) is 5.76. The van der Waals surface area contributed by atoms with Gasteiger partial charge < -0.3 is 14.4 Å². The van der Waals surface area contributed by atoms with Crippen LogP contribution in [-0.2, 0) is 0 Å². The van der Waals surface area contributed by atoms with Crippen molar-refractivity contribution < 1.29 is 9.90 Å². The minimum absolute atomic E-state index is 0.274. The fraction of sp³-hybridized carbons (Fsp3) is 0.294. The van der Waals surface area contributed by atoms with Gasteiger partial charge in [0.2, 0.25) is 0 Å². The van der Waals surface area contributed by atoms with E-state index in [9.17, 15) is 9.90 Å². The lowest BCUT2D eigenvalue weighted by Gasteiger charge is -2.28. The molecule has 5 heteroatoms. The molecule has 5 nitrogen and oxygen atoms in total. The summed E-state index contributed by atoms with van der Waals surface area (Å²) in [4.78, 5) is 18.3. The number of nitrogens with zero attached hydrogens (tertiary/aromatic N) is 3. The Morgan fingerprint density at radius 1 is 1.09 bits per heavy atom. The predicted molar refractivity (Wildman–Crippen MR) is 85.7 cm³/mol. The topological polar surface area (TPSA) is 57.8 Å². The Balaban J connectivity index is 1.97. The van der Waals surface area contributed by atoms with Crippen molar-refractivity contribution in [2.24, 2.45) is 0 Å². The van der Waals surface area contributed by atoms with E-state index < -0.39 is 5.97 Å². The van der Waals surface area contributed by atoms with E-state index in [2.05, 4.69) is 15.4 Å². The summed E-state index contributed by atoms with van der Waals surface area (Å²) in [5.74, 6) is 0.0376. The maximum atomic E-state index is 11.2. The average molecular weight is 295 g/mol. The lowest BCUT2D eigenvalue weighted by atomic mass is 10.1. The van der Waals surface area contributed by atoms with Gasteiger partial charge in [0.05, 0.1) is 22.1 Å². The molecule has 0 bridgehead atoms. The Labute approximate surface area is 127 Å². The van der Waals surface area contributed by atoms with Crippen LogP contribution in [-0.4, -0.2) is 33.6 Å². The van der Waals surface area contributed by atoms with Crippen molar-refractivity contribution in [1.29, 1.82) is 0 Å². The number of hydrogen-bond donors (Lipinski definition) is 1. The van der Waals surface area contributed by atoms with Crippen molar-refractivity contribution >= 4 is 28.3 Å². The van der Waals surface area contributed by atoms with Crippen LogP contribution >= 0.6 is 0 Å². The molecule has 1 aliphatic heterocycles. The fourth-order valence-corrected chi connectivity index (χ4v) is 3.23. The van der Waals surface area contributed by atoms with Gasteiger partial charge in [-0.2, -0.15) is 0 Å². The number of carboxylic acid groups (broad SMARTS) is 1. The van der Waals surface area contributed by atoms with E-state index in [0.717, 1.165) is 35.5 Å². The Bertz CT molecular complexity index is 863. The second kappa shape index (κ2) is 5.02. The van der Waals surface area contributed by atoms with E-state index in [1.165, 1.54) is 19.3 Å². The van der Waals surface area contributed by atoms with Gasteiger partial charge in [0, 0.05) is 19.3 Å². The molecule has 0 spiro atoms. The smallest absolute Gasteiger partial charge is 0.335 e. The molecule has 112 valence electrons. The Kier molecular flexibility index (Phi) is 2.99. The number of piperidine rings is 1. The first-order valence-electron chi connectivity index (χ1n) is 7.63. The Morgan fingerprint density at radius 2 is 1.91 bits per heavy atom. The molecule has 0 radical (unpaired) electrons. The minimum atomic E-state index is -0.921. The van der Waals surface area contributed by atoms with E-state index in [4.69, 9.17) is 4.98 Å². The molecule has 1 aromatic carbocycles. The molecule has 1 saturated heterocycles. The highest BCUT2D eigenvalue weighted by molar-refractivity contribution is 5.94. The number of anilines is 1. The molecule has 1 aliphatic rings. The van der Waals surface area contributed by atoms with Gasteiger partial charge in [-0.05, 0) is 49.6 Å². The highest BCUT2D eigenvalue weighted by Gasteiger charge is 2.17. The molecule has 1 fully saturated rings. The summed E-state index contributed by atoms with van der Waals surface area (Å²) in [6, 6.07) is 9.20. The van der Waals surface area contributed by atoms with E-state index in [-0.39, 0.29) is 5.56 Å². The number of fused-ring (bicyclic) bond motifs is 3. The molecule has 0 amide bonds. The first kappa shape index (κ1) is 13.1.